The van der Waals surface area contributed by atoms with Crippen molar-refractivity contribution in [2.75, 3.05) is 32.7 Å². The molecule has 1 fully saturated rings. The lowest BCUT2D eigenvalue weighted by Crippen LogP contribution is -2.26. The lowest BCUT2D eigenvalue weighted by atomic mass is 10.2. The van der Waals surface area contributed by atoms with Gasteiger partial charge in [-0.15, -0.1) is 0 Å². The minimum absolute atomic E-state index is 0.784. The van der Waals surface area contributed by atoms with E-state index >= 15 is 0 Å². The number of nitrogens with zero attached hydrogens (tertiary/aromatic N) is 1. The first kappa shape index (κ1) is 15.0. The Bertz CT molecular complexity index is 160. The molecule has 0 aromatic carbocycles. The molecule has 17 heavy (non-hydrogen) atoms. The van der Waals surface area contributed by atoms with Crippen molar-refractivity contribution in [3.05, 3.63) is 0 Å². The highest BCUT2D eigenvalue weighted by molar-refractivity contribution is 4.63. The minimum atomic E-state index is 0.784. The lowest BCUT2D eigenvalue weighted by Gasteiger charge is -2.19. The number of likely N-dealkylation sites (tertiary alicyclic amines) is 1. The highest BCUT2D eigenvalue weighted by Gasteiger charge is 2.07. The summed E-state index contributed by atoms with van der Waals surface area (Å²) in [6.07, 6.45) is 9.89. The molecule has 0 spiro atoms. The molecule has 1 N–H and O–H groups in total. The average Bonchev–Trinajstić information content (AvgIpc) is 2.56. The van der Waals surface area contributed by atoms with Crippen LogP contribution in [-0.4, -0.2) is 37.6 Å². The molecule has 1 aliphatic rings. The van der Waals surface area contributed by atoms with E-state index in [1.807, 2.05) is 0 Å². The number of unbranched alkanes of at least 4 members (excludes halogenated alkanes) is 2. The molecule has 0 amide bonds. The van der Waals surface area contributed by atoms with Crippen molar-refractivity contribution in [2.45, 2.75) is 58.8 Å². The largest absolute Gasteiger partial charge is 0.316 e. The van der Waals surface area contributed by atoms with Gasteiger partial charge < -0.3 is 10.2 Å². The third-order valence-corrected chi connectivity index (χ3v) is 3.58. The zero-order valence-electron chi connectivity index (χ0n) is 12.0. The Morgan fingerprint density at radius 1 is 0.941 bits per heavy atom. The van der Waals surface area contributed by atoms with Crippen LogP contribution in [0, 0.1) is 5.92 Å². The SMILES string of the molecule is CC(C)CNCCCCCN1CCCCCC1. The summed E-state index contributed by atoms with van der Waals surface area (Å²) in [7, 11) is 0. The van der Waals surface area contributed by atoms with Crippen LogP contribution < -0.4 is 5.32 Å². The molecule has 102 valence electrons. The van der Waals surface area contributed by atoms with Gasteiger partial charge in [0, 0.05) is 0 Å². The Labute approximate surface area is 108 Å². The third kappa shape index (κ3) is 8.62. The van der Waals surface area contributed by atoms with Gasteiger partial charge in [-0.2, -0.15) is 0 Å². The minimum Gasteiger partial charge on any atom is -0.316 e. The van der Waals surface area contributed by atoms with Crippen LogP contribution in [0.2, 0.25) is 0 Å². The van der Waals surface area contributed by atoms with Crippen molar-refractivity contribution in [1.82, 2.24) is 10.2 Å². The van der Waals surface area contributed by atoms with E-state index in [4.69, 9.17) is 0 Å². The van der Waals surface area contributed by atoms with Crippen LogP contribution in [0.3, 0.4) is 0 Å². The van der Waals surface area contributed by atoms with Gasteiger partial charge in [0.05, 0.1) is 0 Å². The van der Waals surface area contributed by atoms with Crippen LogP contribution in [0.15, 0.2) is 0 Å². The van der Waals surface area contributed by atoms with Crippen molar-refractivity contribution in [1.29, 1.82) is 0 Å². The van der Waals surface area contributed by atoms with Crippen LogP contribution in [0.1, 0.15) is 58.8 Å². The van der Waals surface area contributed by atoms with Gasteiger partial charge in [-0.05, 0) is 64.3 Å². The summed E-state index contributed by atoms with van der Waals surface area (Å²) in [4.78, 5) is 2.68. The van der Waals surface area contributed by atoms with Gasteiger partial charge in [-0.1, -0.05) is 33.1 Å². The molecule has 2 nitrogen and oxygen atoms in total. The number of hydrogen-bond acceptors (Lipinski definition) is 2. The molecule has 0 saturated carbocycles. The van der Waals surface area contributed by atoms with E-state index in [9.17, 15) is 0 Å². The molecule has 0 aromatic rings. The summed E-state index contributed by atoms with van der Waals surface area (Å²) >= 11 is 0. The normalized spacial score (nSPS) is 18.5. The average molecular weight is 240 g/mol. The van der Waals surface area contributed by atoms with Gasteiger partial charge in [0.25, 0.3) is 0 Å². The maximum Gasteiger partial charge on any atom is -0.00187 e. The van der Waals surface area contributed by atoms with Gasteiger partial charge in [0.15, 0.2) is 0 Å². The first-order chi connectivity index (χ1) is 8.29. The van der Waals surface area contributed by atoms with E-state index in [1.165, 1.54) is 77.7 Å². The monoisotopic (exact) mass is 240 g/mol. The summed E-state index contributed by atoms with van der Waals surface area (Å²) in [5.41, 5.74) is 0. The van der Waals surface area contributed by atoms with Gasteiger partial charge in [0.2, 0.25) is 0 Å². The third-order valence-electron chi connectivity index (χ3n) is 3.58. The fraction of sp³-hybridized carbons (Fsp3) is 1.00. The van der Waals surface area contributed by atoms with E-state index in [2.05, 4.69) is 24.1 Å². The van der Waals surface area contributed by atoms with E-state index in [0.29, 0.717) is 0 Å². The fourth-order valence-electron chi connectivity index (χ4n) is 2.51. The molecule has 1 aliphatic heterocycles. The summed E-state index contributed by atoms with van der Waals surface area (Å²) in [6.45, 7) is 11.0. The Morgan fingerprint density at radius 2 is 1.65 bits per heavy atom. The van der Waals surface area contributed by atoms with E-state index in [-0.39, 0.29) is 0 Å². The molecule has 0 aromatic heterocycles. The fourth-order valence-corrected chi connectivity index (χ4v) is 2.51. The van der Waals surface area contributed by atoms with Gasteiger partial charge in [0.1, 0.15) is 0 Å². The van der Waals surface area contributed by atoms with Crippen molar-refractivity contribution in [3.8, 4) is 0 Å². The second kappa shape index (κ2) is 9.90. The topological polar surface area (TPSA) is 15.3 Å². The zero-order chi connectivity index (χ0) is 12.3. The van der Waals surface area contributed by atoms with Gasteiger partial charge in [-0.25, -0.2) is 0 Å². The van der Waals surface area contributed by atoms with Crippen molar-refractivity contribution in [3.63, 3.8) is 0 Å². The summed E-state index contributed by atoms with van der Waals surface area (Å²) in [5.74, 6) is 0.784. The van der Waals surface area contributed by atoms with Crippen LogP contribution in [0.4, 0.5) is 0 Å². The Morgan fingerprint density at radius 3 is 2.29 bits per heavy atom. The maximum atomic E-state index is 3.52. The molecule has 0 aliphatic carbocycles. The number of rotatable bonds is 8. The van der Waals surface area contributed by atoms with Gasteiger partial charge in [-0.3, -0.25) is 0 Å². The molecular weight excluding hydrogens is 208 g/mol. The van der Waals surface area contributed by atoms with Crippen molar-refractivity contribution in [2.24, 2.45) is 5.92 Å². The van der Waals surface area contributed by atoms with Crippen molar-refractivity contribution < 1.29 is 0 Å². The highest BCUT2D eigenvalue weighted by atomic mass is 15.1. The first-order valence-electron chi connectivity index (χ1n) is 7.72. The van der Waals surface area contributed by atoms with E-state index < -0.39 is 0 Å². The molecule has 0 unspecified atom stereocenters. The predicted octanol–water partition coefficient (Wildman–Crippen LogP) is 3.28. The number of hydrogen-bond donors (Lipinski definition) is 1. The standard InChI is InChI=1S/C15H32N2/c1-15(2)14-16-10-6-5-9-13-17-11-7-3-4-8-12-17/h15-16H,3-14H2,1-2H3. The Balaban J connectivity index is 1.86. The molecule has 0 bridgehead atoms. The van der Waals surface area contributed by atoms with Crippen molar-refractivity contribution >= 4 is 0 Å². The highest BCUT2D eigenvalue weighted by Crippen LogP contribution is 2.10. The quantitative estimate of drug-likeness (QED) is 0.655. The summed E-state index contributed by atoms with van der Waals surface area (Å²) in [6, 6.07) is 0. The van der Waals surface area contributed by atoms with E-state index in [1.54, 1.807) is 0 Å². The molecular formula is C15H32N2. The van der Waals surface area contributed by atoms with Crippen LogP contribution >= 0.6 is 0 Å². The smallest absolute Gasteiger partial charge is 0.00187 e. The summed E-state index contributed by atoms with van der Waals surface area (Å²) in [5, 5.41) is 3.52. The first-order valence-corrected chi connectivity index (χ1v) is 7.72. The molecule has 1 rings (SSSR count). The molecule has 1 heterocycles. The molecule has 1 saturated heterocycles. The second-order valence-electron chi connectivity index (χ2n) is 5.91. The number of nitrogens with one attached hydrogen (secondary N) is 1. The summed E-state index contributed by atoms with van der Waals surface area (Å²) < 4.78 is 0. The molecule has 0 atom stereocenters. The molecule has 2 heteroatoms. The molecule has 0 radical (unpaired) electrons. The van der Waals surface area contributed by atoms with Crippen LogP contribution in [0.5, 0.6) is 0 Å². The van der Waals surface area contributed by atoms with Gasteiger partial charge >= 0.3 is 0 Å². The van der Waals surface area contributed by atoms with E-state index in [0.717, 1.165) is 5.92 Å². The Kier molecular flexibility index (Phi) is 8.72. The lowest BCUT2D eigenvalue weighted by molar-refractivity contribution is 0.278. The maximum absolute atomic E-state index is 3.52. The predicted molar refractivity (Wildman–Crippen MR) is 76.5 cm³/mol. The van der Waals surface area contributed by atoms with Crippen LogP contribution in [-0.2, 0) is 0 Å². The Hall–Kier alpha value is -0.0800. The zero-order valence-corrected chi connectivity index (χ0v) is 12.0. The second-order valence-corrected chi connectivity index (χ2v) is 5.91. The van der Waals surface area contributed by atoms with Crippen LogP contribution in [0.25, 0.3) is 0 Å².